The first kappa shape index (κ1) is 48.9. The topological polar surface area (TPSA) is 9.72 Å². The van der Waals surface area contributed by atoms with E-state index in [-0.39, 0.29) is 5.92 Å². The normalized spacial score (nSPS) is 11.4. The summed E-state index contributed by atoms with van der Waals surface area (Å²) in [7, 11) is 0. The van der Waals surface area contributed by atoms with Crippen molar-refractivity contribution in [1.82, 2.24) is 0 Å². The third-order valence-corrected chi connectivity index (χ3v) is 14.8. The highest BCUT2D eigenvalue weighted by molar-refractivity contribution is 5.82. The van der Waals surface area contributed by atoms with Crippen molar-refractivity contribution in [2.45, 2.75) is 18.8 Å². The SMILES string of the molecule is c1ccc(C(CCc2ccc(-c3ccc(N(c4ccccc4)c4ccc(-c5ccc(N(c6ccccc6)c6ccccc6)cc5)cc4)cc3)cc2)c2ccc(-c3ccc(N(c4ccccc4)c4ccccc4)cc3)cc2)cc1. The molecule has 0 aromatic heterocycles. The molecule has 0 aliphatic heterocycles. The van der Waals surface area contributed by atoms with E-state index in [1.54, 1.807) is 0 Å². The Hall–Kier alpha value is -9.96. The van der Waals surface area contributed by atoms with E-state index < -0.39 is 0 Å². The van der Waals surface area contributed by atoms with Crippen molar-refractivity contribution in [3.05, 3.63) is 344 Å². The Morgan fingerprint density at radius 1 is 0.192 bits per heavy atom. The number of benzene rings is 12. The summed E-state index contributed by atoms with van der Waals surface area (Å²) >= 11 is 0. The number of nitrogens with zero attached hydrogens (tertiary/aromatic N) is 3. The number of aryl methyl sites for hydroxylation is 1. The third-order valence-electron chi connectivity index (χ3n) is 14.8. The number of para-hydroxylation sites is 5. The zero-order valence-electron chi connectivity index (χ0n) is 43.5. The Morgan fingerprint density at radius 3 is 0.667 bits per heavy atom. The predicted octanol–water partition coefficient (Wildman–Crippen LogP) is 20.9. The van der Waals surface area contributed by atoms with Crippen LogP contribution in [0.1, 0.15) is 29.0 Å². The first-order valence-corrected chi connectivity index (χ1v) is 27.0. The van der Waals surface area contributed by atoms with Gasteiger partial charge in [0, 0.05) is 57.1 Å². The Balaban J connectivity index is 0.725. The quantitative estimate of drug-likeness (QED) is 0.0900. The first-order valence-electron chi connectivity index (χ1n) is 27.0. The molecule has 0 radical (unpaired) electrons. The van der Waals surface area contributed by atoms with E-state index in [1.807, 2.05) is 0 Å². The molecule has 0 N–H and O–H groups in total. The summed E-state index contributed by atoms with van der Waals surface area (Å²) in [6.07, 6.45) is 1.98. The molecular formula is C75H59N3. The van der Waals surface area contributed by atoms with E-state index in [0.717, 1.165) is 64.0 Å². The number of hydrogen-bond donors (Lipinski definition) is 0. The van der Waals surface area contributed by atoms with Crippen molar-refractivity contribution in [3.63, 3.8) is 0 Å². The molecule has 0 heterocycles. The van der Waals surface area contributed by atoms with Crippen LogP contribution in [0.5, 0.6) is 0 Å². The van der Waals surface area contributed by atoms with Gasteiger partial charge in [-0.25, -0.2) is 0 Å². The molecule has 0 saturated heterocycles. The van der Waals surface area contributed by atoms with Crippen molar-refractivity contribution < 1.29 is 0 Å². The van der Waals surface area contributed by atoms with Crippen LogP contribution in [-0.4, -0.2) is 0 Å². The molecule has 12 aromatic carbocycles. The Labute approximate surface area is 459 Å². The number of hydrogen-bond acceptors (Lipinski definition) is 3. The summed E-state index contributed by atoms with van der Waals surface area (Å²) in [6.45, 7) is 0. The van der Waals surface area contributed by atoms with Crippen molar-refractivity contribution in [2.75, 3.05) is 14.7 Å². The predicted molar refractivity (Wildman–Crippen MR) is 330 cm³/mol. The minimum absolute atomic E-state index is 0.271. The van der Waals surface area contributed by atoms with Crippen LogP contribution in [0.4, 0.5) is 51.2 Å². The zero-order chi connectivity index (χ0) is 52.3. The number of rotatable bonds is 17. The lowest BCUT2D eigenvalue weighted by molar-refractivity contribution is 0.715. The highest BCUT2D eigenvalue weighted by Gasteiger charge is 2.18. The van der Waals surface area contributed by atoms with Gasteiger partial charge < -0.3 is 14.7 Å². The van der Waals surface area contributed by atoms with Gasteiger partial charge in [-0.2, -0.15) is 0 Å². The van der Waals surface area contributed by atoms with E-state index in [0.29, 0.717) is 0 Å². The summed E-state index contributed by atoms with van der Waals surface area (Å²) in [4.78, 5) is 6.93. The third kappa shape index (κ3) is 11.0. The van der Waals surface area contributed by atoms with Crippen LogP contribution in [-0.2, 0) is 6.42 Å². The fourth-order valence-corrected chi connectivity index (χ4v) is 10.7. The average molecular weight is 1000 g/mol. The molecule has 78 heavy (non-hydrogen) atoms. The van der Waals surface area contributed by atoms with Crippen LogP contribution in [0.25, 0.3) is 33.4 Å². The van der Waals surface area contributed by atoms with Crippen LogP contribution in [0.15, 0.2) is 328 Å². The molecule has 0 bridgehead atoms. The summed E-state index contributed by atoms with van der Waals surface area (Å²) in [5.74, 6) is 0.271. The van der Waals surface area contributed by atoms with Crippen molar-refractivity contribution in [2.24, 2.45) is 0 Å². The van der Waals surface area contributed by atoms with Crippen molar-refractivity contribution >= 4 is 51.2 Å². The molecule has 3 nitrogen and oxygen atoms in total. The molecule has 12 aromatic rings. The lowest BCUT2D eigenvalue weighted by atomic mass is 9.85. The van der Waals surface area contributed by atoms with Gasteiger partial charge in [0.1, 0.15) is 0 Å². The molecule has 1 atom stereocenters. The smallest absolute Gasteiger partial charge is 0.0462 e. The van der Waals surface area contributed by atoms with Gasteiger partial charge >= 0.3 is 0 Å². The molecule has 12 rings (SSSR count). The van der Waals surface area contributed by atoms with Crippen LogP contribution >= 0.6 is 0 Å². The second-order valence-corrected chi connectivity index (χ2v) is 19.7. The van der Waals surface area contributed by atoms with Gasteiger partial charge in [0.15, 0.2) is 0 Å². The highest BCUT2D eigenvalue weighted by atomic mass is 15.2. The van der Waals surface area contributed by atoms with E-state index >= 15 is 0 Å². The maximum atomic E-state index is 2.33. The van der Waals surface area contributed by atoms with Gasteiger partial charge in [-0.1, -0.05) is 218 Å². The first-order chi connectivity index (χ1) is 38.7. The number of anilines is 9. The molecule has 3 heteroatoms. The fourth-order valence-electron chi connectivity index (χ4n) is 10.7. The van der Waals surface area contributed by atoms with Gasteiger partial charge in [0.2, 0.25) is 0 Å². The van der Waals surface area contributed by atoms with Crippen LogP contribution in [0.3, 0.4) is 0 Å². The maximum Gasteiger partial charge on any atom is 0.0462 e. The summed E-state index contributed by atoms with van der Waals surface area (Å²) in [5.41, 5.74) is 21.2. The molecule has 0 saturated carbocycles. The summed E-state index contributed by atoms with van der Waals surface area (Å²) in [5, 5.41) is 0. The minimum Gasteiger partial charge on any atom is -0.311 e. The molecule has 0 aliphatic carbocycles. The van der Waals surface area contributed by atoms with Crippen LogP contribution in [0, 0.1) is 0 Å². The highest BCUT2D eigenvalue weighted by Crippen LogP contribution is 2.40. The van der Waals surface area contributed by atoms with Gasteiger partial charge in [0.25, 0.3) is 0 Å². The monoisotopic (exact) mass is 1000 g/mol. The lowest BCUT2D eigenvalue weighted by Gasteiger charge is -2.26. The molecule has 0 amide bonds. The van der Waals surface area contributed by atoms with Gasteiger partial charge in [-0.05, 0) is 172 Å². The molecule has 0 aliphatic rings. The summed E-state index contributed by atoms with van der Waals surface area (Å²) in [6, 6.07) is 118. The van der Waals surface area contributed by atoms with Gasteiger partial charge in [-0.15, -0.1) is 0 Å². The standard InChI is InChI=1S/C75H59N3/c1-7-19-64(20-8-1)75(65-38-36-59(37-39-65)61-42-48-71(49-43-61)76(66-21-9-2-10-22-66)67-23-11-3-12-24-67)56-33-57-31-34-58(35-32-57)60-40-52-73(53-41-60)78(70-29-17-6-18-30-70)74-54-46-63(47-55-74)62-44-50-72(51-45-62)77(68-25-13-4-14-26-68)69-27-15-5-16-28-69/h1-32,34-55,75H,33,56H2. The summed E-state index contributed by atoms with van der Waals surface area (Å²) < 4.78 is 0. The van der Waals surface area contributed by atoms with Crippen LogP contribution < -0.4 is 14.7 Å². The Morgan fingerprint density at radius 2 is 0.397 bits per heavy atom. The van der Waals surface area contributed by atoms with E-state index in [1.165, 1.54) is 50.1 Å². The largest absolute Gasteiger partial charge is 0.311 e. The zero-order valence-corrected chi connectivity index (χ0v) is 43.5. The minimum atomic E-state index is 0.271. The maximum absolute atomic E-state index is 2.33. The molecule has 1 unspecified atom stereocenters. The second-order valence-electron chi connectivity index (χ2n) is 19.7. The van der Waals surface area contributed by atoms with Gasteiger partial charge in [-0.3, -0.25) is 0 Å². The lowest BCUT2D eigenvalue weighted by Crippen LogP contribution is -2.09. The average Bonchev–Trinajstić information content (AvgIpc) is 3.55. The van der Waals surface area contributed by atoms with E-state index in [9.17, 15) is 0 Å². The second kappa shape index (κ2) is 23.3. The molecular weight excluding hydrogens is 943 g/mol. The Kier molecular flexibility index (Phi) is 14.6. The fraction of sp³-hybridized carbons (Fsp3) is 0.0400. The Bertz CT molecular complexity index is 3680. The molecule has 0 fully saturated rings. The van der Waals surface area contributed by atoms with Gasteiger partial charge in [0.05, 0.1) is 0 Å². The molecule has 0 spiro atoms. The van der Waals surface area contributed by atoms with Crippen LogP contribution in [0.2, 0.25) is 0 Å². The van der Waals surface area contributed by atoms with Crippen molar-refractivity contribution in [1.29, 1.82) is 0 Å². The van der Waals surface area contributed by atoms with E-state index in [2.05, 4.69) is 342 Å². The van der Waals surface area contributed by atoms with E-state index in [4.69, 9.17) is 0 Å². The van der Waals surface area contributed by atoms with Crippen molar-refractivity contribution in [3.8, 4) is 33.4 Å². The molecule has 374 valence electrons.